The maximum Gasteiger partial charge on any atom is 0.0636 e. The summed E-state index contributed by atoms with van der Waals surface area (Å²) in [5.41, 5.74) is 0. The van der Waals surface area contributed by atoms with Crippen LogP contribution < -0.4 is 0 Å². The molecule has 0 atom stereocenters. The summed E-state index contributed by atoms with van der Waals surface area (Å²) in [5.74, 6) is 0. The van der Waals surface area contributed by atoms with Gasteiger partial charge in [-0.05, 0) is 57.2 Å². The predicted octanol–water partition coefficient (Wildman–Crippen LogP) is 20.8. The molecule has 0 unspecified atom stereocenters. The lowest BCUT2D eigenvalue weighted by Gasteiger charge is -1.96. The Morgan fingerprint density at radius 2 is 0.636 bits per heavy atom. The number of hydrogen-bond acceptors (Lipinski definition) is 15. The van der Waals surface area contributed by atoms with Gasteiger partial charge in [-0.1, -0.05) is 0 Å². The lowest BCUT2D eigenvalue weighted by molar-refractivity contribution is 2.24. The maximum atomic E-state index is 2.42. The van der Waals surface area contributed by atoms with Crippen LogP contribution in [0.3, 0.4) is 0 Å². The van der Waals surface area contributed by atoms with Gasteiger partial charge in [-0.25, -0.2) is 0 Å². The lowest BCUT2D eigenvalue weighted by Crippen LogP contribution is -1.64. The van der Waals surface area contributed by atoms with E-state index in [2.05, 4.69) is 102 Å². The molecule has 0 saturated heterocycles. The van der Waals surface area contributed by atoms with E-state index in [9.17, 15) is 0 Å². The molecule has 15 rings (SSSR count). The van der Waals surface area contributed by atoms with Crippen LogP contribution in [0.5, 0.6) is 0 Å². The summed E-state index contributed by atoms with van der Waals surface area (Å²) in [4.78, 5) is 11.7. The zero-order chi connectivity index (χ0) is 35.3. The van der Waals surface area contributed by atoms with E-state index in [1.165, 1.54) is 136 Å². The van der Waals surface area contributed by atoms with Gasteiger partial charge in [0.15, 0.2) is 0 Å². The van der Waals surface area contributed by atoms with Crippen molar-refractivity contribution in [2.45, 2.75) is 0 Å². The Labute approximate surface area is 369 Å². The Kier molecular flexibility index (Phi) is 6.65. The second kappa shape index (κ2) is 11.4. The van der Waals surface area contributed by atoms with E-state index in [0.29, 0.717) is 0 Å². The average Bonchev–Trinajstić information content (AvgIpc) is 3.96. The number of hydrogen-bond donors (Lipinski definition) is 0. The highest BCUT2D eigenvalue weighted by Gasteiger charge is 2.31. The molecule has 0 aliphatic rings. The molecule has 0 bridgehead atoms. The Bertz CT molecular complexity index is 4030. The molecule has 0 N–H and O–H groups in total. The first-order valence-electron chi connectivity index (χ1n) is 16.8. The Morgan fingerprint density at radius 1 is 0.236 bits per heavy atom. The first-order valence-corrected chi connectivity index (χ1v) is 29.5. The van der Waals surface area contributed by atoms with E-state index in [1.807, 2.05) is 136 Å². The third kappa shape index (κ3) is 4.12. The SMILES string of the molecule is c1cc2sc3c(-c4sc(-c5sc(-c6sc(-c7scc8sc9ccsc9c78)c7sc8ccsc8c67)c6sc7ccsc7c56)c5sc6ccsc6c45)scc3c2s1. The van der Waals surface area contributed by atoms with Crippen LogP contribution in [0.1, 0.15) is 0 Å². The van der Waals surface area contributed by atoms with Crippen LogP contribution in [-0.4, -0.2) is 0 Å². The van der Waals surface area contributed by atoms with Crippen molar-refractivity contribution < 1.29 is 0 Å². The fourth-order valence-electron chi connectivity index (χ4n) is 8.02. The minimum absolute atomic E-state index is 1.42. The molecule has 0 nitrogen and oxygen atoms in total. The minimum Gasteiger partial charge on any atom is -0.142 e. The first kappa shape index (κ1) is 32.0. The lowest BCUT2D eigenvalue weighted by atomic mass is 10.2. The topological polar surface area (TPSA) is 0 Å². The van der Waals surface area contributed by atoms with E-state index in [-0.39, 0.29) is 0 Å². The molecule has 0 aromatic carbocycles. The van der Waals surface area contributed by atoms with Gasteiger partial charge >= 0.3 is 0 Å². The van der Waals surface area contributed by atoms with E-state index in [0.717, 1.165) is 0 Å². The standard InChI is InChI=1S/C40H12S15/c1-6-41-24-13-11-46-37(25(13)49-14(1)24)31-21-27-16(3-8-43-27)51-33(21)39(53-31)36-23-29-18(5-10-45-29)52-34(23)40(55-36)35-22-28-17(4-9-44-28)50-32(22)38(54-35)30-20-19(12-47-30)48-15-2-7-42-26(15)20/h1-12H. The highest BCUT2D eigenvalue weighted by molar-refractivity contribution is 7.44. The van der Waals surface area contributed by atoms with Gasteiger partial charge in [0, 0.05) is 65.9 Å². The van der Waals surface area contributed by atoms with Crippen LogP contribution in [0.4, 0.5) is 0 Å². The summed E-state index contributed by atoms with van der Waals surface area (Å²) in [7, 11) is 0. The summed E-state index contributed by atoms with van der Waals surface area (Å²) >= 11 is 29.6. The Morgan fingerprint density at radius 3 is 1.18 bits per heavy atom. The summed E-state index contributed by atoms with van der Waals surface area (Å²) in [6, 6.07) is 11.6. The Hall–Kier alpha value is -1.90. The first-order chi connectivity index (χ1) is 27.2. The van der Waals surface area contributed by atoms with E-state index >= 15 is 0 Å². The van der Waals surface area contributed by atoms with Crippen molar-refractivity contribution in [2.75, 3.05) is 0 Å². The molecule has 15 heteroatoms. The van der Waals surface area contributed by atoms with Gasteiger partial charge in [-0.3, -0.25) is 0 Å². The summed E-state index contributed by atoms with van der Waals surface area (Å²) < 4.78 is 21.7. The van der Waals surface area contributed by atoms with Crippen molar-refractivity contribution in [1.82, 2.24) is 0 Å². The van der Waals surface area contributed by atoms with Crippen LogP contribution >= 0.6 is 170 Å². The second-order valence-electron chi connectivity index (χ2n) is 13.1. The van der Waals surface area contributed by atoms with E-state index in [4.69, 9.17) is 0 Å². The van der Waals surface area contributed by atoms with Crippen LogP contribution in [0.15, 0.2) is 68.0 Å². The van der Waals surface area contributed by atoms with Gasteiger partial charge in [0.25, 0.3) is 0 Å². The van der Waals surface area contributed by atoms with Gasteiger partial charge < -0.3 is 0 Å². The Balaban J connectivity index is 1.04. The smallest absolute Gasteiger partial charge is 0.0636 e. The summed E-state index contributed by atoms with van der Waals surface area (Å²) in [6.07, 6.45) is 0. The van der Waals surface area contributed by atoms with E-state index < -0.39 is 0 Å². The van der Waals surface area contributed by atoms with Gasteiger partial charge in [0.1, 0.15) is 0 Å². The molecular weight excluding hydrogens is 961 g/mol. The molecule has 0 saturated carbocycles. The highest BCUT2D eigenvalue weighted by Crippen LogP contribution is 2.63. The van der Waals surface area contributed by atoms with Crippen LogP contribution in [0.2, 0.25) is 0 Å². The van der Waals surface area contributed by atoms with Gasteiger partial charge in [0.05, 0.1) is 81.3 Å². The van der Waals surface area contributed by atoms with Crippen molar-refractivity contribution >= 4 is 267 Å². The van der Waals surface area contributed by atoms with Crippen molar-refractivity contribution in [2.24, 2.45) is 0 Å². The van der Waals surface area contributed by atoms with Gasteiger partial charge in [-0.15, -0.1) is 170 Å². The van der Waals surface area contributed by atoms with Crippen molar-refractivity contribution in [3.8, 4) is 39.0 Å². The fraction of sp³-hybridized carbons (Fsp3) is 0. The van der Waals surface area contributed by atoms with Crippen molar-refractivity contribution in [3.63, 3.8) is 0 Å². The second-order valence-corrected chi connectivity index (χ2v) is 27.8. The predicted molar refractivity (Wildman–Crippen MR) is 271 cm³/mol. The van der Waals surface area contributed by atoms with Crippen molar-refractivity contribution in [3.05, 3.63) is 68.0 Å². The fourth-order valence-corrected chi connectivity index (χ4v) is 27.8. The molecule has 0 amide bonds. The average molecular weight is 974 g/mol. The number of fused-ring (bicyclic) bond motifs is 15. The normalized spacial score (nSPS) is 13.1. The van der Waals surface area contributed by atoms with Gasteiger partial charge in [-0.2, -0.15) is 0 Å². The summed E-state index contributed by atoms with van der Waals surface area (Å²) in [5, 5.41) is 23.6. The zero-order valence-corrected chi connectivity index (χ0v) is 39.3. The maximum absolute atomic E-state index is 2.42. The number of thiophene rings is 15. The third-order valence-electron chi connectivity index (χ3n) is 10.3. The molecule has 55 heavy (non-hydrogen) atoms. The zero-order valence-electron chi connectivity index (χ0n) is 27.1. The summed E-state index contributed by atoms with van der Waals surface area (Å²) in [6.45, 7) is 0. The molecule has 262 valence electrons. The number of rotatable bonds is 4. The van der Waals surface area contributed by atoms with Crippen molar-refractivity contribution in [1.29, 1.82) is 0 Å². The largest absolute Gasteiger partial charge is 0.142 e. The molecule has 0 radical (unpaired) electrons. The molecule has 15 aromatic heterocycles. The minimum atomic E-state index is 1.42. The van der Waals surface area contributed by atoms with Crippen LogP contribution in [0, 0.1) is 0 Å². The quantitative estimate of drug-likeness (QED) is 0.165. The molecule has 15 aromatic rings. The highest BCUT2D eigenvalue weighted by atomic mass is 32.2. The molecular formula is C40H12S15. The van der Waals surface area contributed by atoms with Gasteiger partial charge in [0.2, 0.25) is 0 Å². The molecule has 15 heterocycles. The van der Waals surface area contributed by atoms with Crippen LogP contribution in [0.25, 0.3) is 136 Å². The molecule has 0 spiro atoms. The van der Waals surface area contributed by atoms with Crippen LogP contribution in [-0.2, 0) is 0 Å². The molecule has 0 fully saturated rings. The van der Waals surface area contributed by atoms with E-state index in [1.54, 1.807) is 0 Å². The molecule has 0 aliphatic carbocycles. The monoisotopic (exact) mass is 972 g/mol. The third-order valence-corrected chi connectivity index (χ3v) is 28.3. The molecule has 0 aliphatic heterocycles.